The lowest BCUT2D eigenvalue weighted by Crippen LogP contribution is -1.98. The monoisotopic (exact) mass is 328 g/mol. The second-order valence-corrected chi connectivity index (χ2v) is 6.44. The van der Waals surface area contributed by atoms with Crippen LogP contribution in [0.3, 0.4) is 0 Å². The van der Waals surface area contributed by atoms with Gasteiger partial charge in [-0.2, -0.15) is 0 Å². The largest absolute Gasteiger partial charge is 0.497 e. The molecule has 2 aromatic heterocycles. The van der Waals surface area contributed by atoms with E-state index in [-0.39, 0.29) is 0 Å². The Bertz CT molecular complexity index is 842. The lowest BCUT2D eigenvalue weighted by Gasteiger charge is -2.11. The van der Waals surface area contributed by atoms with E-state index >= 15 is 0 Å². The number of aromatic amines is 1. The van der Waals surface area contributed by atoms with Crippen molar-refractivity contribution in [1.82, 2.24) is 9.97 Å². The standard InChI is InChI=1S/C18H20N2O2S/c1-11-9-19-16(12(2)18(11)22-4)10-23-17-8-13-7-14(21-3)5-6-15(13)20-17/h5-9,20H,10H2,1-4H3. The number of nitrogens with one attached hydrogen (secondary N) is 1. The van der Waals surface area contributed by atoms with Gasteiger partial charge >= 0.3 is 0 Å². The highest BCUT2D eigenvalue weighted by Gasteiger charge is 2.10. The fourth-order valence-electron chi connectivity index (χ4n) is 2.65. The van der Waals surface area contributed by atoms with Crippen LogP contribution in [-0.2, 0) is 5.75 Å². The number of rotatable bonds is 5. The number of ether oxygens (including phenoxy) is 2. The molecule has 5 heteroatoms. The van der Waals surface area contributed by atoms with Crippen molar-refractivity contribution in [2.45, 2.75) is 24.6 Å². The highest BCUT2D eigenvalue weighted by atomic mass is 32.2. The summed E-state index contributed by atoms with van der Waals surface area (Å²) in [5.74, 6) is 2.60. The van der Waals surface area contributed by atoms with Gasteiger partial charge in [-0.25, -0.2) is 0 Å². The zero-order valence-electron chi connectivity index (χ0n) is 13.8. The molecule has 0 amide bonds. The first-order valence-corrected chi connectivity index (χ1v) is 8.39. The lowest BCUT2D eigenvalue weighted by atomic mass is 10.1. The van der Waals surface area contributed by atoms with Crippen molar-refractivity contribution in [2.75, 3.05) is 14.2 Å². The Labute approximate surface area is 140 Å². The molecule has 0 unspecified atom stereocenters. The van der Waals surface area contributed by atoms with Gasteiger partial charge in [-0.15, -0.1) is 11.8 Å². The van der Waals surface area contributed by atoms with Crippen molar-refractivity contribution in [3.63, 3.8) is 0 Å². The first-order valence-electron chi connectivity index (χ1n) is 7.41. The van der Waals surface area contributed by atoms with Gasteiger partial charge in [-0.1, -0.05) is 0 Å². The topological polar surface area (TPSA) is 47.1 Å². The number of H-pyrrole nitrogens is 1. The number of aryl methyl sites for hydroxylation is 1. The SMILES string of the molecule is COc1ccc2[nH]c(SCc3ncc(C)c(OC)c3C)cc2c1. The first kappa shape index (κ1) is 15.7. The zero-order chi connectivity index (χ0) is 16.4. The number of thioether (sulfide) groups is 1. The van der Waals surface area contributed by atoms with Gasteiger partial charge in [0, 0.05) is 34.0 Å². The highest BCUT2D eigenvalue weighted by molar-refractivity contribution is 7.98. The van der Waals surface area contributed by atoms with E-state index in [0.29, 0.717) is 0 Å². The molecule has 0 spiro atoms. The maximum absolute atomic E-state index is 5.47. The molecule has 0 aliphatic carbocycles. The van der Waals surface area contributed by atoms with Crippen LogP contribution in [0.1, 0.15) is 16.8 Å². The van der Waals surface area contributed by atoms with Gasteiger partial charge in [0.1, 0.15) is 11.5 Å². The van der Waals surface area contributed by atoms with Gasteiger partial charge in [0.05, 0.1) is 24.9 Å². The zero-order valence-corrected chi connectivity index (χ0v) is 14.6. The van der Waals surface area contributed by atoms with Gasteiger partial charge in [-0.05, 0) is 38.1 Å². The van der Waals surface area contributed by atoms with E-state index in [9.17, 15) is 0 Å². The molecule has 1 N–H and O–H groups in total. The van der Waals surface area contributed by atoms with E-state index in [2.05, 4.69) is 23.0 Å². The van der Waals surface area contributed by atoms with Gasteiger partial charge in [0.2, 0.25) is 0 Å². The second-order valence-electron chi connectivity index (χ2n) is 5.42. The Kier molecular flexibility index (Phi) is 4.48. The molecule has 23 heavy (non-hydrogen) atoms. The molecule has 3 aromatic rings. The average Bonchev–Trinajstić information content (AvgIpc) is 2.96. The number of nitrogens with zero attached hydrogens (tertiary/aromatic N) is 1. The highest BCUT2D eigenvalue weighted by Crippen LogP contribution is 2.31. The first-order chi connectivity index (χ1) is 11.1. The van der Waals surface area contributed by atoms with Crippen molar-refractivity contribution >= 4 is 22.7 Å². The number of fused-ring (bicyclic) bond motifs is 1. The van der Waals surface area contributed by atoms with Crippen LogP contribution < -0.4 is 9.47 Å². The van der Waals surface area contributed by atoms with Crippen LogP contribution in [0.2, 0.25) is 0 Å². The number of aromatic nitrogens is 2. The van der Waals surface area contributed by atoms with Gasteiger partial charge in [0.25, 0.3) is 0 Å². The van der Waals surface area contributed by atoms with Crippen LogP contribution in [-0.4, -0.2) is 24.2 Å². The average molecular weight is 328 g/mol. The summed E-state index contributed by atoms with van der Waals surface area (Å²) in [7, 11) is 3.39. The smallest absolute Gasteiger partial charge is 0.128 e. The third-order valence-electron chi connectivity index (χ3n) is 3.92. The molecule has 0 saturated heterocycles. The van der Waals surface area contributed by atoms with E-state index in [1.165, 1.54) is 0 Å². The third kappa shape index (κ3) is 3.15. The minimum atomic E-state index is 0.798. The molecule has 3 rings (SSSR count). The molecule has 0 radical (unpaired) electrons. The predicted molar refractivity (Wildman–Crippen MR) is 94.7 cm³/mol. The van der Waals surface area contributed by atoms with Crippen LogP contribution in [0.4, 0.5) is 0 Å². The molecular formula is C18H20N2O2S. The number of hydrogen-bond donors (Lipinski definition) is 1. The Morgan fingerprint density at radius 3 is 2.70 bits per heavy atom. The van der Waals surface area contributed by atoms with Crippen LogP contribution in [0.15, 0.2) is 35.5 Å². The molecule has 1 aromatic carbocycles. The summed E-state index contributed by atoms with van der Waals surface area (Å²) in [5, 5.41) is 2.27. The number of hydrogen-bond acceptors (Lipinski definition) is 4. The maximum Gasteiger partial charge on any atom is 0.128 e. The van der Waals surface area contributed by atoms with E-state index in [1.807, 2.05) is 31.3 Å². The van der Waals surface area contributed by atoms with Crippen molar-refractivity contribution in [3.8, 4) is 11.5 Å². The van der Waals surface area contributed by atoms with Crippen molar-refractivity contribution in [1.29, 1.82) is 0 Å². The number of methoxy groups -OCH3 is 2. The Hall–Kier alpha value is -2.14. The summed E-state index contributed by atoms with van der Waals surface area (Å²) < 4.78 is 10.7. The van der Waals surface area contributed by atoms with E-state index in [0.717, 1.165) is 50.0 Å². The summed E-state index contributed by atoms with van der Waals surface area (Å²) in [6.07, 6.45) is 1.87. The van der Waals surface area contributed by atoms with Gasteiger partial charge < -0.3 is 14.5 Å². The molecular weight excluding hydrogens is 308 g/mol. The maximum atomic E-state index is 5.47. The minimum absolute atomic E-state index is 0.798. The Balaban J connectivity index is 1.81. The quantitative estimate of drug-likeness (QED) is 0.701. The molecule has 0 atom stereocenters. The van der Waals surface area contributed by atoms with Crippen molar-refractivity contribution < 1.29 is 9.47 Å². The molecule has 0 fully saturated rings. The van der Waals surface area contributed by atoms with Crippen molar-refractivity contribution in [3.05, 3.63) is 47.3 Å². The summed E-state index contributed by atoms with van der Waals surface area (Å²) in [6, 6.07) is 8.18. The molecule has 2 heterocycles. The van der Waals surface area contributed by atoms with E-state index in [4.69, 9.17) is 9.47 Å². The molecule has 0 aliphatic heterocycles. The van der Waals surface area contributed by atoms with Crippen LogP contribution in [0.5, 0.6) is 11.5 Å². The van der Waals surface area contributed by atoms with E-state index < -0.39 is 0 Å². The van der Waals surface area contributed by atoms with Crippen LogP contribution >= 0.6 is 11.8 Å². The summed E-state index contributed by atoms with van der Waals surface area (Å²) in [5.41, 5.74) is 4.34. The van der Waals surface area contributed by atoms with Crippen LogP contribution in [0.25, 0.3) is 10.9 Å². The van der Waals surface area contributed by atoms with Gasteiger partial charge in [0.15, 0.2) is 0 Å². The Morgan fingerprint density at radius 1 is 1.13 bits per heavy atom. The molecule has 0 aliphatic rings. The summed E-state index contributed by atoms with van der Waals surface area (Å²) in [6.45, 7) is 4.08. The third-order valence-corrected chi connectivity index (χ3v) is 4.87. The van der Waals surface area contributed by atoms with E-state index in [1.54, 1.807) is 26.0 Å². The Morgan fingerprint density at radius 2 is 1.96 bits per heavy atom. The lowest BCUT2D eigenvalue weighted by molar-refractivity contribution is 0.407. The summed E-state index contributed by atoms with van der Waals surface area (Å²) in [4.78, 5) is 7.97. The molecule has 4 nitrogen and oxygen atoms in total. The summed E-state index contributed by atoms with van der Waals surface area (Å²) >= 11 is 1.74. The fourth-order valence-corrected chi connectivity index (χ4v) is 3.63. The van der Waals surface area contributed by atoms with Gasteiger partial charge in [-0.3, -0.25) is 4.98 Å². The predicted octanol–water partition coefficient (Wildman–Crippen LogP) is 4.49. The fraction of sp³-hybridized carbons (Fsp3) is 0.278. The second kappa shape index (κ2) is 6.54. The molecule has 120 valence electrons. The van der Waals surface area contributed by atoms with Crippen molar-refractivity contribution in [2.24, 2.45) is 0 Å². The number of pyridine rings is 1. The normalized spacial score (nSPS) is 11.0. The minimum Gasteiger partial charge on any atom is -0.497 e. The number of benzene rings is 1. The molecule has 0 saturated carbocycles. The van der Waals surface area contributed by atoms with Crippen LogP contribution in [0, 0.1) is 13.8 Å². The molecule has 0 bridgehead atoms.